The highest BCUT2D eigenvalue weighted by molar-refractivity contribution is 5.95. The summed E-state index contributed by atoms with van der Waals surface area (Å²) in [5, 5.41) is 9.84. The summed E-state index contributed by atoms with van der Waals surface area (Å²) >= 11 is 0. The van der Waals surface area contributed by atoms with Crippen molar-refractivity contribution >= 4 is 23.2 Å². The van der Waals surface area contributed by atoms with Crippen molar-refractivity contribution in [2.24, 2.45) is 17.8 Å². The van der Waals surface area contributed by atoms with Crippen LogP contribution in [0.1, 0.15) is 25.7 Å². The average Bonchev–Trinajstić information content (AvgIpc) is 3.20. The Labute approximate surface area is 145 Å². The number of hydrogen-bond donors (Lipinski definition) is 2. The fourth-order valence-electron chi connectivity index (χ4n) is 3.91. The van der Waals surface area contributed by atoms with E-state index in [9.17, 15) is 9.59 Å². The van der Waals surface area contributed by atoms with E-state index in [1.165, 1.54) is 30.4 Å². The molecule has 0 unspecified atom stereocenters. The molecule has 2 saturated carbocycles. The van der Waals surface area contributed by atoms with Crippen LogP contribution in [0.3, 0.4) is 0 Å². The Hall–Kier alpha value is -2.70. The molecule has 4 rings (SSSR count). The van der Waals surface area contributed by atoms with Crippen LogP contribution in [-0.2, 0) is 16.1 Å². The van der Waals surface area contributed by atoms with Crippen molar-refractivity contribution in [3.05, 3.63) is 36.9 Å². The summed E-state index contributed by atoms with van der Waals surface area (Å²) < 4.78 is 1.52. The zero-order chi connectivity index (χ0) is 17.2. The number of fused-ring (bicyclic) bond motifs is 1. The van der Waals surface area contributed by atoms with Gasteiger partial charge in [-0.3, -0.25) is 19.3 Å². The lowest BCUT2D eigenvalue weighted by atomic mass is 10.0. The summed E-state index contributed by atoms with van der Waals surface area (Å²) in [5.41, 5.74) is 1.28. The highest BCUT2D eigenvalue weighted by atomic mass is 16.2. The van der Waals surface area contributed by atoms with Gasteiger partial charge in [-0.2, -0.15) is 5.10 Å². The van der Waals surface area contributed by atoms with Crippen LogP contribution in [0.5, 0.6) is 0 Å². The zero-order valence-corrected chi connectivity index (χ0v) is 13.9. The molecule has 0 aliphatic heterocycles. The number of nitrogens with one attached hydrogen (secondary N) is 2. The normalized spacial score (nSPS) is 24.2. The summed E-state index contributed by atoms with van der Waals surface area (Å²) in [6.45, 7) is 0.0828. The summed E-state index contributed by atoms with van der Waals surface area (Å²) in [4.78, 5) is 28.3. The van der Waals surface area contributed by atoms with E-state index in [4.69, 9.17) is 0 Å². The molecule has 2 aromatic rings. The summed E-state index contributed by atoms with van der Waals surface area (Å²) in [6.07, 6.45) is 11.3. The molecule has 2 aliphatic carbocycles. The van der Waals surface area contributed by atoms with Gasteiger partial charge in [-0.25, -0.2) is 0 Å². The van der Waals surface area contributed by atoms with E-state index in [-0.39, 0.29) is 24.3 Å². The van der Waals surface area contributed by atoms with Crippen molar-refractivity contribution in [3.8, 4) is 0 Å². The second-order valence-corrected chi connectivity index (χ2v) is 6.84. The maximum Gasteiger partial charge on any atom is 0.246 e. The van der Waals surface area contributed by atoms with Gasteiger partial charge in [-0.05, 0) is 36.8 Å². The molecule has 2 fully saturated rings. The third kappa shape index (κ3) is 3.55. The van der Waals surface area contributed by atoms with Crippen molar-refractivity contribution in [3.63, 3.8) is 0 Å². The molecule has 2 amide bonds. The first-order valence-corrected chi connectivity index (χ1v) is 8.74. The van der Waals surface area contributed by atoms with Crippen molar-refractivity contribution < 1.29 is 9.59 Å². The van der Waals surface area contributed by atoms with Crippen molar-refractivity contribution in [2.45, 2.75) is 32.2 Å². The maximum absolute atomic E-state index is 12.4. The quantitative estimate of drug-likeness (QED) is 0.875. The fourth-order valence-corrected chi connectivity index (χ4v) is 3.91. The minimum atomic E-state index is -0.192. The van der Waals surface area contributed by atoms with Gasteiger partial charge >= 0.3 is 0 Å². The summed E-state index contributed by atoms with van der Waals surface area (Å²) in [5.74, 6) is 1.22. The van der Waals surface area contributed by atoms with E-state index in [1.54, 1.807) is 36.9 Å². The number of aromatic nitrogens is 3. The van der Waals surface area contributed by atoms with E-state index in [1.807, 2.05) is 0 Å². The van der Waals surface area contributed by atoms with E-state index >= 15 is 0 Å². The molecule has 0 bridgehead atoms. The van der Waals surface area contributed by atoms with Gasteiger partial charge in [-0.15, -0.1) is 0 Å². The lowest BCUT2D eigenvalue weighted by molar-refractivity contribution is -0.118. The molecule has 0 aromatic carbocycles. The largest absolute Gasteiger partial charge is 0.323 e. The Bertz CT molecular complexity index is 761. The van der Waals surface area contributed by atoms with Crippen LogP contribution < -0.4 is 10.6 Å². The summed E-state index contributed by atoms with van der Waals surface area (Å²) in [6, 6.07) is 3.53. The number of hydrogen-bond acceptors (Lipinski definition) is 4. The molecule has 0 radical (unpaired) electrons. The number of rotatable bonds is 5. The van der Waals surface area contributed by atoms with Crippen molar-refractivity contribution in [1.82, 2.24) is 14.8 Å². The van der Waals surface area contributed by atoms with Crippen LogP contribution in [-0.4, -0.2) is 26.6 Å². The van der Waals surface area contributed by atoms with Gasteiger partial charge in [0.15, 0.2) is 0 Å². The fraction of sp³-hybridized carbons (Fsp3) is 0.444. The number of carbonyl (C=O) groups excluding carboxylic acids is 2. The third-order valence-electron chi connectivity index (χ3n) is 5.11. The second kappa shape index (κ2) is 6.66. The molecule has 2 atom stereocenters. The Morgan fingerprint density at radius 2 is 1.92 bits per heavy atom. The Balaban J connectivity index is 1.30. The monoisotopic (exact) mass is 339 g/mol. The number of amides is 2. The van der Waals surface area contributed by atoms with Gasteiger partial charge in [0.05, 0.1) is 23.8 Å². The van der Waals surface area contributed by atoms with Crippen LogP contribution >= 0.6 is 0 Å². The molecule has 2 N–H and O–H groups in total. The van der Waals surface area contributed by atoms with Crippen molar-refractivity contribution in [2.75, 3.05) is 10.6 Å². The first-order valence-electron chi connectivity index (χ1n) is 8.74. The molecule has 7 nitrogen and oxygen atoms in total. The first-order chi connectivity index (χ1) is 12.2. The smallest absolute Gasteiger partial charge is 0.246 e. The summed E-state index contributed by atoms with van der Waals surface area (Å²) in [7, 11) is 0. The highest BCUT2D eigenvalue weighted by Crippen LogP contribution is 2.55. The molecule has 2 heterocycles. The Morgan fingerprint density at radius 3 is 2.64 bits per heavy atom. The predicted molar refractivity (Wildman–Crippen MR) is 92.7 cm³/mol. The van der Waals surface area contributed by atoms with E-state index in [0.29, 0.717) is 23.2 Å². The number of pyridine rings is 1. The SMILES string of the molecule is O=C(Cn1cc(NC(=O)C2[C@H]3CCCC[C@H]23)cn1)Nc1cccnc1. The Morgan fingerprint density at radius 1 is 1.12 bits per heavy atom. The minimum absolute atomic E-state index is 0.0828. The molecule has 0 spiro atoms. The van der Waals surface area contributed by atoms with Crippen LogP contribution in [0.25, 0.3) is 0 Å². The Kier molecular flexibility index (Phi) is 4.21. The molecular weight excluding hydrogens is 318 g/mol. The molecule has 2 aliphatic rings. The topological polar surface area (TPSA) is 88.9 Å². The molecule has 25 heavy (non-hydrogen) atoms. The molecule has 2 aromatic heterocycles. The van der Waals surface area contributed by atoms with Crippen LogP contribution in [0.4, 0.5) is 11.4 Å². The predicted octanol–water partition coefficient (Wildman–Crippen LogP) is 2.29. The van der Waals surface area contributed by atoms with Gasteiger partial charge in [0.1, 0.15) is 6.54 Å². The maximum atomic E-state index is 12.4. The van der Waals surface area contributed by atoms with Gasteiger partial charge in [0, 0.05) is 18.3 Å². The van der Waals surface area contributed by atoms with E-state index < -0.39 is 0 Å². The highest BCUT2D eigenvalue weighted by Gasteiger charge is 2.54. The molecular formula is C18H21N5O2. The second-order valence-electron chi connectivity index (χ2n) is 6.84. The van der Waals surface area contributed by atoms with E-state index in [0.717, 1.165) is 0 Å². The van der Waals surface area contributed by atoms with Gasteiger partial charge in [-0.1, -0.05) is 12.8 Å². The number of nitrogens with zero attached hydrogens (tertiary/aromatic N) is 3. The molecule has 7 heteroatoms. The zero-order valence-electron chi connectivity index (χ0n) is 13.9. The van der Waals surface area contributed by atoms with Crippen LogP contribution in [0.15, 0.2) is 36.9 Å². The third-order valence-corrected chi connectivity index (χ3v) is 5.11. The standard InChI is InChI=1S/C18H21N5O2/c24-16(21-12-4-3-7-19-8-12)11-23-10-13(9-20-23)22-18(25)17-14-5-1-2-6-15(14)17/h3-4,7-10,14-15,17H,1-2,5-6,11H2,(H,21,24)(H,22,25)/t14-,15-/m0/s1. The first kappa shape index (κ1) is 15.8. The number of carbonyl (C=O) groups is 2. The van der Waals surface area contributed by atoms with Gasteiger partial charge in [0.2, 0.25) is 11.8 Å². The minimum Gasteiger partial charge on any atom is -0.323 e. The number of anilines is 2. The van der Waals surface area contributed by atoms with Crippen LogP contribution in [0, 0.1) is 17.8 Å². The van der Waals surface area contributed by atoms with Crippen LogP contribution in [0.2, 0.25) is 0 Å². The lowest BCUT2D eigenvalue weighted by Crippen LogP contribution is -2.19. The molecule has 130 valence electrons. The van der Waals surface area contributed by atoms with Gasteiger partial charge in [0.25, 0.3) is 0 Å². The lowest BCUT2D eigenvalue weighted by Gasteiger charge is -2.04. The van der Waals surface area contributed by atoms with Crippen molar-refractivity contribution in [1.29, 1.82) is 0 Å². The average molecular weight is 339 g/mol. The molecule has 0 saturated heterocycles. The van der Waals surface area contributed by atoms with E-state index in [2.05, 4.69) is 20.7 Å². The van der Waals surface area contributed by atoms with Gasteiger partial charge < -0.3 is 10.6 Å².